The summed E-state index contributed by atoms with van der Waals surface area (Å²) in [6.07, 6.45) is 3.99. The summed E-state index contributed by atoms with van der Waals surface area (Å²) >= 11 is 5.79. The van der Waals surface area contributed by atoms with Crippen LogP contribution in [0.3, 0.4) is 0 Å². The largest absolute Gasteiger partial charge is 0.376 e. The number of hydrogen-bond acceptors (Lipinski definition) is 5. The molecule has 20 heavy (non-hydrogen) atoms. The third kappa shape index (κ3) is 3.64. The molecule has 1 aliphatic heterocycles. The predicted octanol–water partition coefficient (Wildman–Crippen LogP) is 1.94. The van der Waals surface area contributed by atoms with Gasteiger partial charge in [0.1, 0.15) is 11.3 Å². The highest BCUT2D eigenvalue weighted by molar-refractivity contribution is 6.32. The van der Waals surface area contributed by atoms with Crippen LogP contribution in [0.2, 0.25) is 5.15 Å². The zero-order valence-corrected chi connectivity index (χ0v) is 11.4. The van der Waals surface area contributed by atoms with E-state index in [4.69, 9.17) is 16.3 Å². The van der Waals surface area contributed by atoms with Crippen molar-refractivity contribution in [1.29, 1.82) is 0 Å². The summed E-state index contributed by atoms with van der Waals surface area (Å²) in [5.41, 5.74) is -0.273. The van der Waals surface area contributed by atoms with Gasteiger partial charge in [-0.25, -0.2) is 4.98 Å². The minimum Gasteiger partial charge on any atom is -0.376 e. The van der Waals surface area contributed by atoms with Crippen LogP contribution < -0.4 is 5.32 Å². The number of aromatic nitrogens is 1. The summed E-state index contributed by atoms with van der Waals surface area (Å²) in [4.78, 5) is 25.7. The van der Waals surface area contributed by atoms with Gasteiger partial charge in [0, 0.05) is 19.2 Å². The van der Waals surface area contributed by atoms with Gasteiger partial charge in [-0.3, -0.25) is 14.9 Å². The molecule has 7 nitrogen and oxygen atoms in total. The number of nitrogens with one attached hydrogen (secondary N) is 1. The first-order valence-electron chi connectivity index (χ1n) is 6.27. The quantitative estimate of drug-likeness (QED) is 0.521. The minimum absolute atomic E-state index is 0.00308. The van der Waals surface area contributed by atoms with Crippen molar-refractivity contribution in [3.05, 3.63) is 33.1 Å². The maximum atomic E-state index is 12.0. The lowest BCUT2D eigenvalue weighted by Crippen LogP contribution is -2.35. The van der Waals surface area contributed by atoms with Crippen molar-refractivity contribution >= 4 is 23.2 Å². The summed E-state index contributed by atoms with van der Waals surface area (Å²) < 4.78 is 5.48. The molecule has 0 radical (unpaired) electrons. The van der Waals surface area contributed by atoms with Crippen LogP contribution in [0.4, 0.5) is 5.69 Å². The second-order valence-electron chi connectivity index (χ2n) is 4.49. The number of rotatable bonds is 4. The zero-order chi connectivity index (χ0) is 14.5. The topological polar surface area (TPSA) is 94.4 Å². The molecule has 108 valence electrons. The number of halogens is 1. The molecule has 1 aliphatic rings. The number of carbonyl (C=O) groups excluding carboxylic acids is 1. The summed E-state index contributed by atoms with van der Waals surface area (Å²) in [6.45, 7) is 1.05. The van der Waals surface area contributed by atoms with Crippen LogP contribution in [0.25, 0.3) is 0 Å². The van der Waals surface area contributed by atoms with E-state index in [1.165, 1.54) is 0 Å². The average Bonchev–Trinajstić information content (AvgIpc) is 2.46. The van der Waals surface area contributed by atoms with Gasteiger partial charge in [-0.15, -0.1) is 0 Å². The molecule has 0 aliphatic carbocycles. The van der Waals surface area contributed by atoms with E-state index in [-0.39, 0.29) is 22.5 Å². The first-order chi connectivity index (χ1) is 9.58. The van der Waals surface area contributed by atoms with Crippen molar-refractivity contribution in [1.82, 2.24) is 10.3 Å². The van der Waals surface area contributed by atoms with Crippen LogP contribution in [0.5, 0.6) is 0 Å². The normalized spacial score (nSPS) is 18.6. The number of amides is 1. The summed E-state index contributed by atoms with van der Waals surface area (Å²) in [7, 11) is 0. The van der Waals surface area contributed by atoms with Crippen molar-refractivity contribution in [2.75, 3.05) is 13.2 Å². The summed E-state index contributed by atoms with van der Waals surface area (Å²) in [5, 5.41) is 13.3. The average molecular weight is 300 g/mol. The van der Waals surface area contributed by atoms with Crippen molar-refractivity contribution in [2.24, 2.45) is 0 Å². The zero-order valence-electron chi connectivity index (χ0n) is 10.7. The number of ether oxygens (including phenoxy) is 1. The summed E-state index contributed by atoms with van der Waals surface area (Å²) in [6, 6.07) is 1.12. The van der Waals surface area contributed by atoms with Gasteiger partial charge < -0.3 is 10.1 Å². The van der Waals surface area contributed by atoms with Crippen LogP contribution >= 0.6 is 11.6 Å². The molecule has 1 atom stereocenters. The van der Waals surface area contributed by atoms with Gasteiger partial charge in [-0.2, -0.15) is 0 Å². The lowest BCUT2D eigenvalue weighted by atomic mass is 10.1. The van der Waals surface area contributed by atoms with E-state index in [1.54, 1.807) is 0 Å². The van der Waals surface area contributed by atoms with E-state index in [0.29, 0.717) is 13.2 Å². The maximum Gasteiger partial charge on any atom is 0.288 e. The Morgan fingerprint density at radius 3 is 3.05 bits per heavy atom. The molecule has 1 unspecified atom stereocenters. The SMILES string of the molecule is O=C(NCC1CCCCO1)c1cc([N+](=O)[O-])cnc1Cl. The Hall–Kier alpha value is -1.73. The highest BCUT2D eigenvalue weighted by atomic mass is 35.5. The number of hydrogen-bond donors (Lipinski definition) is 1. The van der Waals surface area contributed by atoms with Crippen LogP contribution in [0, 0.1) is 10.1 Å². The monoisotopic (exact) mass is 299 g/mol. The van der Waals surface area contributed by atoms with E-state index in [2.05, 4.69) is 10.3 Å². The Morgan fingerprint density at radius 1 is 1.60 bits per heavy atom. The molecule has 1 amide bonds. The van der Waals surface area contributed by atoms with Gasteiger partial charge in [0.2, 0.25) is 0 Å². The fraction of sp³-hybridized carbons (Fsp3) is 0.500. The molecule has 1 aromatic rings. The molecule has 2 heterocycles. The molecule has 0 aromatic carbocycles. The standard InChI is InChI=1S/C12H14ClN3O4/c13-11-10(5-8(6-14-11)16(18)19)12(17)15-7-9-3-1-2-4-20-9/h5-6,9H,1-4,7H2,(H,15,17). The number of nitrogens with zero attached hydrogens (tertiary/aromatic N) is 2. The second-order valence-corrected chi connectivity index (χ2v) is 4.85. The van der Waals surface area contributed by atoms with Gasteiger partial charge >= 0.3 is 0 Å². The van der Waals surface area contributed by atoms with Gasteiger partial charge in [-0.1, -0.05) is 11.6 Å². The summed E-state index contributed by atoms with van der Waals surface area (Å²) in [5.74, 6) is -0.486. The Bertz CT molecular complexity index is 517. The van der Waals surface area contributed by atoms with Gasteiger partial charge in [0.25, 0.3) is 11.6 Å². The molecule has 1 aromatic heterocycles. The molecule has 0 bridgehead atoms. The number of nitro groups is 1. The minimum atomic E-state index is -0.621. The maximum absolute atomic E-state index is 12.0. The van der Waals surface area contributed by atoms with Crippen molar-refractivity contribution in [2.45, 2.75) is 25.4 Å². The molecule has 2 rings (SSSR count). The van der Waals surface area contributed by atoms with E-state index in [0.717, 1.165) is 31.5 Å². The first kappa shape index (κ1) is 14.7. The van der Waals surface area contributed by atoms with Crippen molar-refractivity contribution < 1.29 is 14.5 Å². The Balaban J connectivity index is 2.00. The fourth-order valence-corrected chi connectivity index (χ4v) is 2.16. The third-order valence-electron chi connectivity index (χ3n) is 3.04. The first-order valence-corrected chi connectivity index (χ1v) is 6.65. The van der Waals surface area contributed by atoms with Gasteiger partial charge in [0.15, 0.2) is 0 Å². The lowest BCUT2D eigenvalue weighted by molar-refractivity contribution is -0.385. The number of pyridine rings is 1. The van der Waals surface area contributed by atoms with E-state index < -0.39 is 10.8 Å². The van der Waals surface area contributed by atoms with Crippen LogP contribution in [0.1, 0.15) is 29.6 Å². The predicted molar refractivity (Wildman–Crippen MR) is 71.8 cm³/mol. The Labute approximate surface area is 120 Å². The van der Waals surface area contributed by atoms with Crippen LogP contribution in [-0.2, 0) is 4.74 Å². The van der Waals surface area contributed by atoms with E-state index in [1.807, 2.05) is 0 Å². The molecule has 0 spiro atoms. The lowest BCUT2D eigenvalue weighted by Gasteiger charge is -2.22. The highest BCUT2D eigenvalue weighted by Crippen LogP contribution is 2.19. The van der Waals surface area contributed by atoms with Crippen molar-refractivity contribution in [3.63, 3.8) is 0 Å². The van der Waals surface area contributed by atoms with Gasteiger partial charge in [0.05, 0.1) is 16.6 Å². The highest BCUT2D eigenvalue weighted by Gasteiger charge is 2.19. The number of carbonyl (C=O) groups is 1. The van der Waals surface area contributed by atoms with Crippen molar-refractivity contribution in [3.8, 4) is 0 Å². The Kier molecular flexibility index (Phi) is 4.86. The molecule has 1 saturated heterocycles. The molecular formula is C12H14ClN3O4. The molecular weight excluding hydrogens is 286 g/mol. The van der Waals surface area contributed by atoms with E-state index >= 15 is 0 Å². The van der Waals surface area contributed by atoms with Gasteiger partial charge in [-0.05, 0) is 19.3 Å². The molecule has 1 fully saturated rings. The molecule has 8 heteroatoms. The van der Waals surface area contributed by atoms with Crippen LogP contribution in [0.15, 0.2) is 12.3 Å². The third-order valence-corrected chi connectivity index (χ3v) is 3.35. The molecule has 1 N–H and O–H groups in total. The van der Waals surface area contributed by atoms with E-state index in [9.17, 15) is 14.9 Å². The van der Waals surface area contributed by atoms with Crippen LogP contribution in [-0.4, -0.2) is 35.1 Å². The smallest absolute Gasteiger partial charge is 0.288 e. The fourth-order valence-electron chi connectivity index (χ4n) is 1.97. The Morgan fingerprint density at radius 2 is 2.40 bits per heavy atom. The molecule has 0 saturated carbocycles. The second kappa shape index (κ2) is 6.62.